The Hall–Kier alpha value is -1.06. The predicted octanol–water partition coefficient (Wildman–Crippen LogP) is 1.59. The molecule has 1 amide bonds. The normalized spacial score (nSPS) is 29.3. The largest absolute Gasteiger partial charge is 0.441 e. The highest BCUT2D eigenvalue weighted by Crippen LogP contribution is 2.40. The minimum atomic E-state index is -0.471. The number of hydrogen-bond acceptors (Lipinski definition) is 3. The first kappa shape index (κ1) is 12.0. The molecule has 0 bridgehead atoms. The van der Waals surface area contributed by atoms with Gasteiger partial charge in [0.1, 0.15) is 5.41 Å². The van der Waals surface area contributed by atoms with E-state index in [-0.39, 0.29) is 11.9 Å². The zero-order chi connectivity index (χ0) is 11.5. The van der Waals surface area contributed by atoms with E-state index in [4.69, 9.17) is 4.74 Å². The minimum absolute atomic E-state index is 0.0182. The van der Waals surface area contributed by atoms with Gasteiger partial charge in [0, 0.05) is 6.92 Å². The first-order chi connectivity index (χ1) is 7.06. The molecule has 0 radical (unpaired) electrons. The summed E-state index contributed by atoms with van der Waals surface area (Å²) in [7, 11) is 0. The van der Waals surface area contributed by atoms with Gasteiger partial charge in [-0.3, -0.25) is 9.59 Å². The molecule has 0 aliphatic carbocycles. The van der Waals surface area contributed by atoms with Gasteiger partial charge in [-0.05, 0) is 12.8 Å². The van der Waals surface area contributed by atoms with E-state index in [2.05, 4.69) is 12.2 Å². The summed E-state index contributed by atoms with van der Waals surface area (Å²) >= 11 is 0. The van der Waals surface area contributed by atoms with Crippen LogP contribution in [0.3, 0.4) is 0 Å². The minimum Gasteiger partial charge on any atom is -0.441 e. The van der Waals surface area contributed by atoms with Gasteiger partial charge in [-0.1, -0.05) is 26.7 Å². The summed E-state index contributed by atoms with van der Waals surface area (Å²) < 4.78 is 5.09. The Kier molecular flexibility index (Phi) is 3.72. The Balaban J connectivity index is 2.66. The van der Waals surface area contributed by atoms with Crippen LogP contribution >= 0.6 is 0 Å². The molecule has 1 saturated heterocycles. The van der Waals surface area contributed by atoms with Gasteiger partial charge < -0.3 is 10.1 Å². The molecule has 0 spiro atoms. The van der Waals surface area contributed by atoms with Gasteiger partial charge >= 0.3 is 5.97 Å². The van der Waals surface area contributed by atoms with Gasteiger partial charge in [-0.25, -0.2) is 0 Å². The third-order valence-electron chi connectivity index (χ3n) is 3.11. The van der Waals surface area contributed by atoms with Crippen LogP contribution < -0.4 is 5.32 Å². The van der Waals surface area contributed by atoms with Gasteiger partial charge in [-0.2, -0.15) is 0 Å². The van der Waals surface area contributed by atoms with Crippen molar-refractivity contribution in [1.29, 1.82) is 0 Å². The maximum Gasteiger partial charge on any atom is 0.304 e. The van der Waals surface area contributed by atoms with Crippen LogP contribution in [0.15, 0.2) is 0 Å². The standard InChI is InChI=1S/C11H19NO3/c1-4-6-7-11(5-2)9(14)12-10(11)15-8(3)13/h10H,4-7H2,1-3H3,(H,12,14)/t10?,11-/m1/s1. The number of amides is 1. The van der Waals surface area contributed by atoms with E-state index >= 15 is 0 Å². The van der Waals surface area contributed by atoms with Crippen molar-refractivity contribution in [2.45, 2.75) is 52.7 Å². The van der Waals surface area contributed by atoms with E-state index in [1.165, 1.54) is 6.92 Å². The summed E-state index contributed by atoms with van der Waals surface area (Å²) in [5, 5.41) is 2.64. The molecule has 1 heterocycles. The summed E-state index contributed by atoms with van der Waals surface area (Å²) in [6.45, 7) is 5.41. The summed E-state index contributed by atoms with van der Waals surface area (Å²) in [5.41, 5.74) is -0.471. The molecule has 0 aromatic heterocycles. The molecule has 1 rings (SSSR count). The lowest BCUT2D eigenvalue weighted by Gasteiger charge is -2.47. The molecule has 1 aliphatic heterocycles. The van der Waals surface area contributed by atoms with Crippen molar-refractivity contribution in [3.05, 3.63) is 0 Å². The average Bonchev–Trinajstić information content (AvgIpc) is 2.18. The Labute approximate surface area is 90.4 Å². The third-order valence-corrected chi connectivity index (χ3v) is 3.11. The lowest BCUT2D eigenvalue weighted by molar-refractivity contribution is -0.184. The van der Waals surface area contributed by atoms with Gasteiger partial charge in [0.05, 0.1) is 0 Å². The second kappa shape index (κ2) is 4.64. The lowest BCUT2D eigenvalue weighted by Crippen LogP contribution is -2.68. The first-order valence-electron chi connectivity index (χ1n) is 5.55. The highest BCUT2D eigenvalue weighted by atomic mass is 16.6. The maximum absolute atomic E-state index is 11.6. The number of carbonyl (C=O) groups is 2. The fourth-order valence-corrected chi connectivity index (χ4v) is 2.01. The van der Waals surface area contributed by atoms with E-state index in [1.54, 1.807) is 0 Å². The molecule has 0 saturated carbocycles. The Morgan fingerprint density at radius 2 is 2.20 bits per heavy atom. The molecule has 86 valence electrons. The highest BCUT2D eigenvalue weighted by molar-refractivity contribution is 5.90. The van der Waals surface area contributed by atoms with Crippen LogP contribution in [0.2, 0.25) is 0 Å². The number of esters is 1. The molecule has 15 heavy (non-hydrogen) atoms. The Morgan fingerprint density at radius 3 is 2.60 bits per heavy atom. The smallest absolute Gasteiger partial charge is 0.304 e. The number of β-lactam (4-membered cyclic amide) rings is 1. The van der Waals surface area contributed by atoms with E-state index in [1.807, 2.05) is 6.92 Å². The monoisotopic (exact) mass is 213 g/mol. The zero-order valence-electron chi connectivity index (χ0n) is 9.63. The van der Waals surface area contributed by atoms with Gasteiger partial charge in [0.15, 0.2) is 6.23 Å². The van der Waals surface area contributed by atoms with Crippen molar-refractivity contribution >= 4 is 11.9 Å². The third kappa shape index (κ3) is 2.13. The summed E-state index contributed by atoms with van der Waals surface area (Å²) in [5.74, 6) is -0.320. The zero-order valence-corrected chi connectivity index (χ0v) is 9.63. The number of ether oxygens (including phenoxy) is 1. The fraction of sp³-hybridized carbons (Fsp3) is 0.818. The van der Waals surface area contributed by atoms with E-state index in [0.29, 0.717) is 0 Å². The number of hydrogen-bond donors (Lipinski definition) is 1. The molecule has 1 fully saturated rings. The van der Waals surface area contributed by atoms with Crippen molar-refractivity contribution in [3.8, 4) is 0 Å². The lowest BCUT2D eigenvalue weighted by atomic mass is 9.72. The van der Waals surface area contributed by atoms with Crippen LogP contribution in [0.4, 0.5) is 0 Å². The average molecular weight is 213 g/mol. The van der Waals surface area contributed by atoms with Crippen LogP contribution in [0.25, 0.3) is 0 Å². The molecule has 2 atom stereocenters. The Bertz CT molecular complexity index is 265. The molecule has 4 nitrogen and oxygen atoms in total. The molecule has 4 heteroatoms. The number of rotatable bonds is 5. The molecular weight excluding hydrogens is 194 g/mol. The van der Waals surface area contributed by atoms with Crippen LogP contribution in [0.5, 0.6) is 0 Å². The molecule has 1 unspecified atom stereocenters. The predicted molar refractivity (Wildman–Crippen MR) is 55.9 cm³/mol. The SMILES string of the molecule is CCCC[C@]1(CC)C(=O)NC1OC(C)=O. The van der Waals surface area contributed by atoms with Gasteiger partial charge in [-0.15, -0.1) is 0 Å². The molecular formula is C11H19NO3. The number of carbonyl (C=O) groups excluding carboxylic acids is 2. The number of nitrogens with one attached hydrogen (secondary N) is 1. The van der Waals surface area contributed by atoms with Crippen LogP contribution in [-0.2, 0) is 14.3 Å². The highest BCUT2D eigenvalue weighted by Gasteiger charge is 2.55. The Morgan fingerprint density at radius 1 is 1.53 bits per heavy atom. The van der Waals surface area contributed by atoms with Crippen LogP contribution in [-0.4, -0.2) is 18.1 Å². The second-order valence-corrected chi connectivity index (χ2v) is 4.08. The van der Waals surface area contributed by atoms with Gasteiger partial charge in [0.2, 0.25) is 5.91 Å². The first-order valence-corrected chi connectivity index (χ1v) is 5.55. The molecule has 1 N–H and O–H groups in total. The van der Waals surface area contributed by atoms with Crippen molar-refractivity contribution in [2.75, 3.05) is 0 Å². The van der Waals surface area contributed by atoms with Crippen molar-refractivity contribution in [3.63, 3.8) is 0 Å². The summed E-state index contributed by atoms with van der Waals surface area (Å²) in [6.07, 6.45) is 3.13. The molecule has 1 aliphatic rings. The number of unbranched alkanes of at least 4 members (excludes halogenated alkanes) is 1. The summed E-state index contributed by atoms with van der Waals surface area (Å²) in [4.78, 5) is 22.4. The fourth-order valence-electron chi connectivity index (χ4n) is 2.01. The van der Waals surface area contributed by atoms with Crippen molar-refractivity contribution in [1.82, 2.24) is 5.32 Å². The quantitative estimate of drug-likeness (QED) is 0.557. The molecule has 0 aromatic carbocycles. The van der Waals surface area contributed by atoms with E-state index in [9.17, 15) is 9.59 Å². The topological polar surface area (TPSA) is 55.4 Å². The second-order valence-electron chi connectivity index (χ2n) is 4.08. The van der Waals surface area contributed by atoms with Crippen molar-refractivity contribution < 1.29 is 14.3 Å². The maximum atomic E-state index is 11.6. The van der Waals surface area contributed by atoms with Gasteiger partial charge in [0.25, 0.3) is 0 Å². The van der Waals surface area contributed by atoms with Crippen molar-refractivity contribution in [2.24, 2.45) is 5.41 Å². The van der Waals surface area contributed by atoms with E-state index < -0.39 is 11.6 Å². The summed E-state index contributed by atoms with van der Waals surface area (Å²) in [6, 6.07) is 0. The van der Waals surface area contributed by atoms with E-state index in [0.717, 1.165) is 25.7 Å². The molecule has 0 aromatic rings. The van der Waals surface area contributed by atoms with Crippen LogP contribution in [0, 0.1) is 5.41 Å². The van der Waals surface area contributed by atoms with Crippen LogP contribution in [0.1, 0.15) is 46.5 Å².